The average Bonchev–Trinajstić information content (AvgIpc) is 2.97. The monoisotopic (exact) mass is 331 g/mol. The largest absolute Gasteiger partial charge is 0.497 e. The van der Waals surface area contributed by atoms with E-state index in [1.54, 1.807) is 38.5 Å². The van der Waals surface area contributed by atoms with Crippen LogP contribution in [0.4, 0.5) is 11.4 Å². The molecule has 2 N–H and O–H groups in total. The Morgan fingerprint density at radius 1 is 1.26 bits per heavy atom. The van der Waals surface area contributed by atoms with Gasteiger partial charge in [-0.1, -0.05) is 6.07 Å². The van der Waals surface area contributed by atoms with Gasteiger partial charge in [-0.25, -0.2) is 4.98 Å². The van der Waals surface area contributed by atoms with Crippen LogP contribution in [0.2, 0.25) is 0 Å². The molecule has 1 aromatic heterocycles. The molecule has 0 fully saturated rings. The summed E-state index contributed by atoms with van der Waals surface area (Å²) >= 11 is 1.36. The predicted octanol–water partition coefficient (Wildman–Crippen LogP) is 3.47. The maximum Gasteiger partial charge on any atom is 0.292 e. The lowest BCUT2D eigenvalue weighted by atomic mass is 10.1. The van der Waals surface area contributed by atoms with Crippen LogP contribution in [0, 0.1) is 10.1 Å². The number of methoxy groups -OCH3 is 2. The maximum absolute atomic E-state index is 11.0. The molecule has 0 amide bonds. The molecule has 118 valence electrons. The van der Waals surface area contributed by atoms with E-state index in [9.17, 15) is 10.1 Å². The number of hydrogen-bond acceptors (Lipinski definition) is 7. The first-order valence-corrected chi connectivity index (χ1v) is 7.42. The van der Waals surface area contributed by atoms with Crippen molar-refractivity contribution in [2.24, 2.45) is 0 Å². The average molecular weight is 331 g/mol. The molecule has 0 spiro atoms. The molecule has 0 saturated heterocycles. The molecule has 0 atom stereocenters. The zero-order valence-electron chi connectivity index (χ0n) is 12.4. The molecule has 1 heterocycles. The van der Waals surface area contributed by atoms with Crippen LogP contribution in [-0.2, 0) is 0 Å². The van der Waals surface area contributed by atoms with Gasteiger partial charge in [0, 0.05) is 23.8 Å². The Hall–Kier alpha value is -2.87. The lowest BCUT2D eigenvalue weighted by Gasteiger charge is -2.03. The molecule has 7 nitrogen and oxygen atoms in total. The van der Waals surface area contributed by atoms with Gasteiger partial charge >= 0.3 is 0 Å². The summed E-state index contributed by atoms with van der Waals surface area (Å²) in [7, 11) is 3.13. The number of nitro groups is 1. The number of hydrogen-bond donors (Lipinski definition) is 1. The van der Waals surface area contributed by atoms with Crippen LogP contribution in [0.1, 0.15) is 0 Å². The summed E-state index contributed by atoms with van der Waals surface area (Å²) in [6.07, 6.45) is 0. The second-order valence-corrected chi connectivity index (χ2v) is 5.69. The molecule has 3 rings (SSSR count). The SMILES string of the molecule is COc1cc(OC)c2sc(-c3cccc([N+](=O)[O-])c3N)nc2c1. The lowest BCUT2D eigenvalue weighted by molar-refractivity contribution is -0.383. The first kappa shape index (κ1) is 15.0. The Kier molecular flexibility index (Phi) is 3.75. The number of aromatic nitrogens is 1. The highest BCUT2D eigenvalue weighted by molar-refractivity contribution is 7.22. The van der Waals surface area contributed by atoms with Crippen molar-refractivity contribution in [3.63, 3.8) is 0 Å². The number of nitrogens with two attached hydrogens (primary N) is 1. The molecule has 0 radical (unpaired) electrons. The lowest BCUT2D eigenvalue weighted by Crippen LogP contribution is -1.97. The van der Waals surface area contributed by atoms with E-state index in [1.807, 2.05) is 0 Å². The van der Waals surface area contributed by atoms with E-state index in [0.717, 1.165) is 4.70 Å². The number of benzene rings is 2. The summed E-state index contributed by atoms with van der Waals surface area (Å²) in [5, 5.41) is 11.6. The van der Waals surface area contributed by atoms with Crippen LogP contribution in [0.5, 0.6) is 11.5 Å². The quantitative estimate of drug-likeness (QED) is 0.446. The fraction of sp³-hybridized carbons (Fsp3) is 0.133. The molecule has 0 aliphatic carbocycles. The van der Waals surface area contributed by atoms with Gasteiger partial charge in [0.15, 0.2) is 0 Å². The molecule has 0 saturated carbocycles. The normalized spacial score (nSPS) is 10.7. The van der Waals surface area contributed by atoms with Crippen LogP contribution in [-0.4, -0.2) is 24.1 Å². The Morgan fingerprint density at radius 2 is 2.04 bits per heavy atom. The number of rotatable bonds is 4. The first-order valence-electron chi connectivity index (χ1n) is 6.61. The van der Waals surface area contributed by atoms with Crippen LogP contribution in [0.25, 0.3) is 20.8 Å². The number of nitrogen functional groups attached to an aromatic ring is 1. The number of fused-ring (bicyclic) bond motifs is 1. The minimum Gasteiger partial charge on any atom is -0.497 e. The molecular weight excluding hydrogens is 318 g/mol. The van der Waals surface area contributed by atoms with Crippen molar-refractivity contribution in [2.75, 3.05) is 20.0 Å². The van der Waals surface area contributed by atoms with Crippen LogP contribution in [0.15, 0.2) is 30.3 Å². The Bertz CT molecular complexity index is 907. The van der Waals surface area contributed by atoms with E-state index in [1.165, 1.54) is 17.4 Å². The van der Waals surface area contributed by atoms with Crippen LogP contribution < -0.4 is 15.2 Å². The minimum atomic E-state index is -0.504. The van der Waals surface area contributed by atoms with E-state index in [2.05, 4.69) is 4.98 Å². The Balaban J connectivity index is 2.22. The zero-order valence-corrected chi connectivity index (χ0v) is 13.2. The molecule has 23 heavy (non-hydrogen) atoms. The molecule has 0 unspecified atom stereocenters. The highest BCUT2D eigenvalue weighted by Gasteiger charge is 2.19. The number of nitro benzene ring substituents is 1. The van der Waals surface area contributed by atoms with Gasteiger partial charge in [-0.3, -0.25) is 10.1 Å². The van der Waals surface area contributed by atoms with Crippen molar-refractivity contribution in [1.82, 2.24) is 4.98 Å². The van der Waals surface area contributed by atoms with Gasteiger partial charge in [0.25, 0.3) is 5.69 Å². The fourth-order valence-electron chi connectivity index (χ4n) is 2.26. The smallest absolute Gasteiger partial charge is 0.292 e. The van der Waals surface area contributed by atoms with Gasteiger partial charge in [0.05, 0.1) is 29.4 Å². The number of nitrogens with zero attached hydrogens (tertiary/aromatic N) is 2. The summed E-state index contributed by atoms with van der Waals surface area (Å²) in [5.74, 6) is 1.25. The van der Waals surface area contributed by atoms with Crippen molar-refractivity contribution in [3.05, 3.63) is 40.4 Å². The third-order valence-electron chi connectivity index (χ3n) is 3.40. The molecule has 3 aromatic rings. The van der Waals surface area contributed by atoms with Gasteiger partial charge in [-0.15, -0.1) is 11.3 Å². The van der Waals surface area contributed by atoms with E-state index in [-0.39, 0.29) is 11.4 Å². The fourth-order valence-corrected chi connectivity index (χ4v) is 3.34. The standard InChI is InChI=1S/C15H13N3O4S/c1-21-8-6-10-14(12(7-8)22-2)23-15(17-10)9-4-3-5-11(13(9)16)18(19)20/h3-7H,16H2,1-2H3. The number of para-hydroxylation sites is 1. The van der Waals surface area contributed by atoms with E-state index < -0.39 is 4.92 Å². The Labute approximate surface area is 135 Å². The number of anilines is 1. The molecule has 0 aliphatic rings. The topological polar surface area (TPSA) is 101 Å². The van der Waals surface area contributed by atoms with Crippen molar-refractivity contribution < 1.29 is 14.4 Å². The van der Waals surface area contributed by atoms with Gasteiger partial charge in [-0.2, -0.15) is 0 Å². The summed E-state index contributed by atoms with van der Waals surface area (Å²) in [4.78, 5) is 15.0. The van der Waals surface area contributed by atoms with Gasteiger partial charge in [-0.05, 0) is 6.07 Å². The highest BCUT2D eigenvalue weighted by atomic mass is 32.1. The van der Waals surface area contributed by atoms with Crippen molar-refractivity contribution >= 4 is 32.9 Å². The van der Waals surface area contributed by atoms with Crippen molar-refractivity contribution in [1.29, 1.82) is 0 Å². The van der Waals surface area contributed by atoms with Gasteiger partial charge in [0.1, 0.15) is 22.2 Å². The molecule has 8 heteroatoms. The summed E-state index contributed by atoms with van der Waals surface area (Å²) in [5.41, 5.74) is 7.12. The predicted molar refractivity (Wildman–Crippen MR) is 89.2 cm³/mol. The highest BCUT2D eigenvalue weighted by Crippen LogP contribution is 2.41. The summed E-state index contributed by atoms with van der Waals surface area (Å²) in [6, 6.07) is 8.22. The minimum absolute atomic E-state index is 0.0995. The maximum atomic E-state index is 11.0. The number of ether oxygens (including phenoxy) is 2. The molecule has 0 bridgehead atoms. The first-order chi connectivity index (χ1) is 11.0. The molecule has 0 aliphatic heterocycles. The van der Waals surface area contributed by atoms with E-state index in [4.69, 9.17) is 15.2 Å². The Morgan fingerprint density at radius 3 is 2.70 bits per heavy atom. The zero-order chi connectivity index (χ0) is 16.6. The van der Waals surface area contributed by atoms with Crippen molar-refractivity contribution in [2.45, 2.75) is 0 Å². The summed E-state index contributed by atoms with van der Waals surface area (Å²) in [6.45, 7) is 0. The van der Waals surface area contributed by atoms with Crippen LogP contribution >= 0.6 is 11.3 Å². The second-order valence-electron chi connectivity index (χ2n) is 4.69. The number of thiazole rings is 1. The van der Waals surface area contributed by atoms with E-state index in [0.29, 0.717) is 27.6 Å². The van der Waals surface area contributed by atoms with Gasteiger partial charge < -0.3 is 15.2 Å². The third kappa shape index (κ3) is 2.53. The molecular formula is C15H13N3O4S. The van der Waals surface area contributed by atoms with E-state index >= 15 is 0 Å². The van der Waals surface area contributed by atoms with Crippen molar-refractivity contribution in [3.8, 4) is 22.1 Å². The van der Waals surface area contributed by atoms with Crippen LogP contribution in [0.3, 0.4) is 0 Å². The third-order valence-corrected chi connectivity index (χ3v) is 4.51. The second kappa shape index (κ2) is 5.73. The van der Waals surface area contributed by atoms with Gasteiger partial charge in [0.2, 0.25) is 0 Å². The molecule has 2 aromatic carbocycles. The summed E-state index contributed by atoms with van der Waals surface area (Å²) < 4.78 is 11.4.